The second-order valence-electron chi connectivity index (χ2n) is 18.4. The van der Waals surface area contributed by atoms with Crippen molar-refractivity contribution in [2.75, 3.05) is 14.2 Å². The number of carbonyl (C=O) groups excluding carboxylic acids is 2. The van der Waals surface area contributed by atoms with Crippen molar-refractivity contribution in [2.24, 2.45) is 0 Å². The smallest absolute Gasteiger partial charge is 0.307 e. The average Bonchev–Trinajstić information content (AvgIpc) is 4.26. The van der Waals surface area contributed by atoms with E-state index in [0.29, 0.717) is 0 Å². The molecule has 0 saturated carbocycles. The van der Waals surface area contributed by atoms with E-state index in [0.717, 1.165) is 75.7 Å². The van der Waals surface area contributed by atoms with E-state index in [4.69, 9.17) is 36.0 Å². The van der Waals surface area contributed by atoms with Crippen LogP contribution in [0.2, 0.25) is 0 Å². The summed E-state index contributed by atoms with van der Waals surface area (Å²) < 4.78 is 25.2. The van der Waals surface area contributed by atoms with Crippen molar-refractivity contribution < 1.29 is 43.5 Å². The minimum atomic E-state index is -0.846. The Bertz CT molecular complexity index is 3200. The van der Waals surface area contributed by atoms with Crippen LogP contribution in [0, 0.1) is 35.5 Å². The standard InChI is InChI=1S/C22H21BrO3.C21H19BrO3.C13H14O3.C9H8BrCl.CH4/c1-3-5-16(14-22(24)25-2)15-8-10-17(11-9-15)26-21-13-12-18-19(21)6-4-7-20(18)23;1-2-4-15(13-21(23)24)14-7-9-16(10-8-14)25-20-12-11-17-18(20)5-3-6-19(17)22;1-3-4-11(9-13(15)16-2)10-5-7-12(14)8-6-10;10-8-3-1-2-7-6(8)4-5-9(7)11;/h4,6-11,16,21H,12-14H2,1-2H3;3,5-10,15,20H,11-13H2,1H3,(H,23,24);5-8,11,14H,9H2,1-2H3;1-3,9H,4-5H2;1H4/t16-,21?;15-,20?;11-;;/m000../s1. The quantitative estimate of drug-likeness (QED) is 0.0660. The van der Waals surface area contributed by atoms with Crippen molar-refractivity contribution in [1.82, 2.24) is 0 Å². The number of carbonyl (C=O) groups is 3. The van der Waals surface area contributed by atoms with Gasteiger partial charge in [-0.3, -0.25) is 14.4 Å². The number of hydrogen-bond acceptors (Lipinski definition) is 8. The molecule has 0 amide bonds. The number of rotatable bonds is 13. The largest absolute Gasteiger partial charge is 0.508 e. The number of carboxylic acid groups (broad SMARTS) is 1. The lowest BCUT2D eigenvalue weighted by atomic mass is 9.96. The summed E-state index contributed by atoms with van der Waals surface area (Å²) in [5.74, 6) is 17.3. The molecule has 0 fully saturated rings. The van der Waals surface area contributed by atoms with Crippen LogP contribution in [0.25, 0.3) is 0 Å². The highest BCUT2D eigenvalue weighted by Crippen LogP contribution is 2.41. The van der Waals surface area contributed by atoms with Crippen LogP contribution < -0.4 is 9.47 Å². The number of methoxy groups -OCH3 is 2. The van der Waals surface area contributed by atoms with Crippen molar-refractivity contribution in [1.29, 1.82) is 0 Å². The average molecular weight is 1280 g/mol. The summed E-state index contributed by atoms with van der Waals surface area (Å²) in [4.78, 5) is 33.8. The maximum absolute atomic E-state index is 11.6. The zero-order valence-corrected chi connectivity index (χ0v) is 49.7. The summed E-state index contributed by atoms with van der Waals surface area (Å²) in [6, 6.07) is 40.9. The van der Waals surface area contributed by atoms with Gasteiger partial charge in [0.25, 0.3) is 0 Å². The third kappa shape index (κ3) is 18.3. The lowest BCUT2D eigenvalue weighted by molar-refractivity contribution is -0.141. The fourth-order valence-corrected chi connectivity index (χ4v) is 11.5. The van der Waals surface area contributed by atoms with Gasteiger partial charge in [-0.1, -0.05) is 146 Å². The molecule has 3 unspecified atom stereocenters. The van der Waals surface area contributed by atoms with Crippen LogP contribution in [0.4, 0.5) is 0 Å². The molecule has 0 bridgehead atoms. The van der Waals surface area contributed by atoms with Crippen molar-refractivity contribution in [3.8, 4) is 52.8 Å². The second kappa shape index (κ2) is 32.0. The van der Waals surface area contributed by atoms with Gasteiger partial charge in [-0.15, -0.1) is 29.4 Å². The van der Waals surface area contributed by atoms with E-state index >= 15 is 0 Å². The number of benzene rings is 6. The summed E-state index contributed by atoms with van der Waals surface area (Å²) in [7, 11) is 2.75. The molecule has 6 atom stereocenters. The number of aromatic hydroxyl groups is 1. The van der Waals surface area contributed by atoms with Gasteiger partial charge in [-0.2, -0.15) is 0 Å². The predicted molar refractivity (Wildman–Crippen MR) is 325 cm³/mol. The monoisotopic (exact) mass is 1270 g/mol. The molecule has 6 aromatic rings. The predicted octanol–water partition coefficient (Wildman–Crippen LogP) is 16.7. The Balaban J connectivity index is 0.000000202. The van der Waals surface area contributed by atoms with Gasteiger partial charge in [-0.25, -0.2) is 0 Å². The van der Waals surface area contributed by atoms with Crippen molar-refractivity contribution >= 4 is 77.3 Å². The Morgan fingerprint density at radius 2 is 0.873 bits per heavy atom. The Kier molecular flexibility index (Phi) is 25.6. The first-order chi connectivity index (χ1) is 37.7. The van der Waals surface area contributed by atoms with E-state index in [2.05, 4.69) is 131 Å². The summed E-state index contributed by atoms with van der Waals surface area (Å²) in [5, 5.41) is 18.4. The van der Waals surface area contributed by atoms with Crippen LogP contribution in [0.3, 0.4) is 0 Å². The molecular formula is C66H66Br3ClO9. The fraction of sp³-hybridized carbons (Fsp3) is 0.318. The molecule has 6 aromatic carbocycles. The van der Waals surface area contributed by atoms with Crippen molar-refractivity contribution in [2.45, 2.75) is 121 Å². The summed E-state index contributed by atoms with van der Waals surface area (Å²) >= 11 is 16.8. The van der Waals surface area contributed by atoms with Crippen LogP contribution in [-0.2, 0) is 43.1 Å². The van der Waals surface area contributed by atoms with Crippen LogP contribution in [0.5, 0.6) is 17.2 Å². The lowest BCUT2D eigenvalue weighted by Gasteiger charge is -2.16. The molecule has 0 aromatic heterocycles. The molecule has 9 rings (SSSR count). The molecule has 0 saturated heterocycles. The molecule has 0 spiro atoms. The first-order valence-electron chi connectivity index (χ1n) is 25.6. The maximum Gasteiger partial charge on any atom is 0.307 e. The topological polar surface area (TPSA) is 129 Å². The molecule has 0 aliphatic heterocycles. The number of carboxylic acids is 1. The highest BCUT2D eigenvalue weighted by atomic mass is 79.9. The SMILES string of the molecule is C.CC#C[C@@H](CC(=O)O)c1ccc(OC2CCc3c(Br)cccc32)cc1.CC#C[C@@H](CC(=O)OC)c1ccc(O)cc1.CC#C[C@@H](CC(=O)OC)c1ccc(OC2CCc3c(Br)cccc32)cc1.ClC1CCc2c(Br)cccc21. The van der Waals surface area contributed by atoms with Gasteiger partial charge in [0, 0.05) is 13.4 Å². The lowest BCUT2D eigenvalue weighted by Crippen LogP contribution is -2.08. The zero-order valence-electron chi connectivity index (χ0n) is 44.2. The third-order valence-corrected chi connectivity index (χ3v) is 16.1. The molecule has 3 aliphatic rings. The van der Waals surface area contributed by atoms with Crippen LogP contribution >= 0.6 is 59.4 Å². The van der Waals surface area contributed by atoms with E-state index in [1.807, 2.05) is 60.7 Å². The molecule has 13 heteroatoms. The maximum atomic E-state index is 11.6. The molecule has 3 aliphatic carbocycles. The fourth-order valence-electron chi connectivity index (χ4n) is 9.49. The molecule has 412 valence electrons. The molecule has 9 nitrogen and oxygen atoms in total. The van der Waals surface area contributed by atoms with E-state index in [-0.39, 0.29) is 79.7 Å². The number of halogens is 4. The minimum absolute atomic E-state index is 0. The van der Waals surface area contributed by atoms with Gasteiger partial charge in [0.15, 0.2) is 0 Å². The second-order valence-corrected chi connectivity index (χ2v) is 21.5. The van der Waals surface area contributed by atoms with E-state index in [1.165, 1.54) is 52.1 Å². The number of hydrogen-bond donors (Lipinski definition) is 2. The highest BCUT2D eigenvalue weighted by molar-refractivity contribution is 9.11. The number of esters is 2. The summed E-state index contributed by atoms with van der Waals surface area (Å²) in [5.41, 5.74) is 10.6. The third-order valence-electron chi connectivity index (χ3n) is 13.4. The van der Waals surface area contributed by atoms with Gasteiger partial charge >= 0.3 is 17.9 Å². The van der Waals surface area contributed by atoms with Gasteiger partial charge in [-0.05, 0) is 164 Å². The van der Waals surface area contributed by atoms with E-state index < -0.39 is 5.97 Å². The Hall–Kier alpha value is -6.46. The number of alkyl halides is 1. The number of fused-ring (bicyclic) bond motifs is 3. The number of ether oxygens (including phenoxy) is 4. The number of phenolic OH excluding ortho intramolecular Hbond substituents is 1. The van der Waals surface area contributed by atoms with Crippen molar-refractivity contribution in [3.05, 3.63) is 191 Å². The Labute approximate surface area is 496 Å². The zero-order chi connectivity index (χ0) is 56.1. The van der Waals surface area contributed by atoms with Crippen LogP contribution in [-0.4, -0.2) is 42.3 Å². The first-order valence-corrected chi connectivity index (χ1v) is 28.4. The van der Waals surface area contributed by atoms with Crippen LogP contribution in [0.1, 0.15) is 152 Å². The molecule has 79 heavy (non-hydrogen) atoms. The minimum Gasteiger partial charge on any atom is -0.508 e. The summed E-state index contributed by atoms with van der Waals surface area (Å²) in [6.07, 6.45) is 6.78. The number of aliphatic carboxylic acids is 1. The normalized spacial score (nSPS) is 15.8. The van der Waals surface area contributed by atoms with Gasteiger partial charge < -0.3 is 29.2 Å². The first kappa shape index (κ1) is 63.4. The van der Waals surface area contributed by atoms with Gasteiger partial charge in [0.2, 0.25) is 0 Å². The molecular weight excluding hydrogens is 1210 g/mol. The van der Waals surface area contributed by atoms with E-state index in [9.17, 15) is 14.4 Å². The molecule has 2 N–H and O–H groups in total. The van der Waals surface area contributed by atoms with Crippen LogP contribution in [0.15, 0.2) is 141 Å². The Morgan fingerprint density at radius 3 is 1.23 bits per heavy atom. The summed E-state index contributed by atoms with van der Waals surface area (Å²) in [6.45, 7) is 5.23. The van der Waals surface area contributed by atoms with Crippen molar-refractivity contribution in [3.63, 3.8) is 0 Å². The Morgan fingerprint density at radius 1 is 0.532 bits per heavy atom. The van der Waals surface area contributed by atoms with Gasteiger partial charge in [0.1, 0.15) is 29.5 Å². The number of phenols is 1. The molecule has 0 radical (unpaired) electrons. The molecule has 0 heterocycles. The van der Waals surface area contributed by atoms with Gasteiger partial charge in [0.05, 0.1) is 56.6 Å². The van der Waals surface area contributed by atoms with E-state index in [1.54, 1.807) is 45.0 Å². The highest BCUT2D eigenvalue weighted by Gasteiger charge is 2.28.